The summed E-state index contributed by atoms with van der Waals surface area (Å²) in [6, 6.07) is 5.47. The fraction of sp³-hybridized carbons (Fsp3) is 0.533. The number of amides is 1. The summed E-state index contributed by atoms with van der Waals surface area (Å²) in [6.45, 7) is 4.16. The number of carbonyl (C=O) groups excluding carboxylic acids is 1. The largest absolute Gasteiger partial charge is 0.398 e. The summed E-state index contributed by atoms with van der Waals surface area (Å²) in [6.07, 6.45) is 3.46. The zero-order chi connectivity index (χ0) is 13.7. The lowest BCUT2D eigenvalue weighted by Crippen LogP contribution is -2.26. The Morgan fingerprint density at radius 3 is 2.95 bits per heavy atom. The van der Waals surface area contributed by atoms with Gasteiger partial charge in [0.1, 0.15) is 0 Å². The van der Waals surface area contributed by atoms with Crippen LogP contribution in [0.5, 0.6) is 0 Å². The molecule has 0 spiro atoms. The molecule has 1 amide bonds. The first-order valence-corrected chi connectivity index (χ1v) is 6.89. The van der Waals surface area contributed by atoms with Crippen LogP contribution in [0.4, 0.5) is 5.69 Å². The average Bonchev–Trinajstić information content (AvgIpc) is 3.17. The molecule has 4 nitrogen and oxygen atoms in total. The first-order valence-electron chi connectivity index (χ1n) is 6.89. The highest BCUT2D eigenvalue weighted by molar-refractivity contribution is 5.99. The zero-order valence-corrected chi connectivity index (χ0v) is 11.4. The van der Waals surface area contributed by atoms with Crippen molar-refractivity contribution in [1.29, 1.82) is 0 Å². The van der Waals surface area contributed by atoms with E-state index < -0.39 is 0 Å². The number of nitrogens with two attached hydrogens (primary N) is 1. The number of rotatable bonds is 7. The number of nitrogen functional groups attached to an aromatic ring is 1. The molecule has 0 saturated heterocycles. The molecule has 1 aliphatic carbocycles. The Morgan fingerprint density at radius 1 is 1.47 bits per heavy atom. The Hall–Kier alpha value is -1.55. The van der Waals surface area contributed by atoms with E-state index in [9.17, 15) is 4.79 Å². The second kappa shape index (κ2) is 6.57. The van der Waals surface area contributed by atoms with Gasteiger partial charge < -0.3 is 15.8 Å². The van der Waals surface area contributed by atoms with Crippen molar-refractivity contribution in [3.63, 3.8) is 0 Å². The predicted octanol–water partition coefficient (Wildman–Crippen LogP) is 2.12. The van der Waals surface area contributed by atoms with E-state index >= 15 is 0 Å². The molecule has 0 heterocycles. The molecule has 1 aromatic rings. The maximum atomic E-state index is 11.9. The standard InChI is InChI=1S/C15H22N2O2/c1-11-3-6-13(14(16)9-11)15(18)17-7-2-8-19-10-12-4-5-12/h3,6,9,12H,2,4-5,7-8,10,16H2,1H3,(H,17,18). The van der Waals surface area contributed by atoms with E-state index in [1.165, 1.54) is 12.8 Å². The molecule has 0 aliphatic heterocycles. The summed E-state index contributed by atoms with van der Waals surface area (Å²) in [4.78, 5) is 11.9. The van der Waals surface area contributed by atoms with Gasteiger partial charge in [0.15, 0.2) is 0 Å². The highest BCUT2D eigenvalue weighted by Crippen LogP contribution is 2.28. The number of ether oxygens (including phenoxy) is 1. The number of nitrogens with one attached hydrogen (secondary N) is 1. The van der Waals surface area contributed by atoms with Crippen LogP contribution < -0.4 is 11.1 Å². The van der Waals surface area contributed by atoms with Crippen LogP contribution in [0.2, 0.25) is 0 Å². The van der Waals surface area contributed by atoms with E-state index in [0.29, 0.717) is 24.4 Å². The van der Waals surface area contributed by atoms with E-state index in [1.807, 2.05) is 19.1 Å². The van der Waals surface area contributed by atoms with Gasteiger partial charge >= 0.3 is 0 Å². The summed E-state index contributed by atoms with van der Waals surface area (Å²) in [5.74, 6) is 0.682. The Labute approximate surface area is 114 Å². The van der Waals surface area contributed by atoms with Gasteiger partial charge in [0.25, 0.3) is 5.91 Å². The Balaban J connectivity index is 1.65. The van der Waals surface area contributed by atoms with E-state index in [2.05, 4.69) is 5.32 Å². The van der Waals surface area contributed by atoms with E-state index in [-0.39, 0.29) is 5.91 Å². The molecule has 1 aliphatic rings. The van der Waals surface area contributed by atoms with Crippen molar-refractivity contribution in [3.8, 4) is 0 Å². The number of hydrogen-bond donors (Lipinski definition) is 2. The Morgan fingerprint density at radius 2 is 2.26 bits per heavy atom. The molecule has 0 unspecified atom stereocenters. The maximum absolute atomic E-state index is 11.9. The number of anilines is 1. The van der Waals surface area contributed by atoms with Gasteiger partial charge in [0.2, 0.25) is 0 Å². The van der Waals surface area contributed by atoms with Crippen LogP contribution in [0.1, 0.15) is 35.2 Å². The molecule has 2 rings (SSSR count). The third kappa shape index (κ3) is 4.56. The van der Waals surface area contributed by atoms with Crippen molar-refractivity contribution < 1.29 is 9.53 Å². The monoisotopic (exact) mass is 262 g/mol. The van der Waals surface area contributed by atoms with Crippen LogP contribution in [0.3, 0.4) is 0 Å². The number of benzene rings is 1. The lowest BCUT2D eigenvalue weighted by molar-refractivity contribution is 0.0938. The number of hydrogen-bond acceptors (Lipinski definition) is 3. The minimum Gasteiger partial charge on any atom is -0.398 e. The van der Waals surface area contributed by atoms with Gasteiger partial charge in [-0.1, -0.05) is 6.07 Å². The maximum Gasteiger partial charge on any atom is 0.253 e. The highest BCUT2D eigenvalue weighted by atomic mass is 16.5. The second-order valence-corrected chi connectivity index (χ2v) is 5.22. The number of carbonyl (C=O) groups is 1. The summed E-state index contributed by atoms with van der Waals surface area (Å²) < 4.78 is 5.51. The van der Waals surface area contributed by atoms with E-state index in [0.717, 1.165) is 24.5 Å². The quantitative estimate of drug-likeness (QED) is 0.584. The normalized spacial score (nSPS) is 14.4. The van der Waals surface area contributed by atoms with Crippen molar-refractivity contribution in [2.24, 2.45) is 5.92 Å². The molecule has 0 bridgehead atoms. The molecule has 4 heteroatoms. The molecule has 0 atom stereocenters. The smallest absolute Gasteiger partial charge is 0.253 e. The predicted molar refractivity (Wildman–Crippen MR) is 76.1 cm³/mol. The molecule has 19 heavy (non-hydrogen) atoms. The summed E-state index contributed by atoms with van der Waals surface area (Å²) in [5, 5.41) is 2.86. The van der Waals surface area contributed by atoms with Crippen LogP contribution in [-0.2, 0) is 4.74 Å². The molecular weight excluding hydrogens is 240 g/mol. The van der Waals surface area contributed by atoms with Crippen molar-refractivity contribution in [3.05, 3.63) is 29.3 Å². The molecule has 104 valence electrons. The highest BCUT2D eigenvalue weighted by Gasteiger charge is 2.20. The van der Waals surface area contributed by atoms with Gasteiger partial charge in [0.05, 0.1) is 5.56 Å². The molecule has 3 N–H and O–H groups in total. The lowest BCUT2D eigenvalue weighted by Gasteiger charge is -2.08. The van der Waals surface area contributed by atoms with E-state index in [1.54, 1.807) is 6.07 Å². The third-order valence-electron chi connectivity index (χ3n) is 3.25. The van der Waals surface area contributed by atoms with Gasteiger partial charge in [-0.15, -0.1) is 0 Å². The van der Waals surface area contributed by atoms with Gasteiger partial charge in [-0.05, 0) is 49.8 Å². The van der Waals surface area contributed by atoms with Gasteiger partial charge in [0, 0.05) is 25.4 Å². The third-order valence-corrected chi connectivity index (χ3v) is 3.25. The van der Waals surface area contributed by atoms with Gasteiger partial charge in [-0.3, -0.25) is 4.79 Å². The average molecular weight is 262 g/mol. The molecule has 0 aromatic heterocycles. The summed E-state index contributed by atoms with van der Waals surface area (Å²) >= 11 is 0. The van der Waals surface area contributed by atoms with Crippen molar-refractivity contribution >= 4 is 11.6 Å². The van der Waals surface area contributed by atoms with E-state index in [4.69, 9.17) is 10.5 Å². The van der Waals surface area contributed by atoms with Crippen LogP contribution in [0.15, 0.2) is 18.2 Å². The fourth-order valence-corrected chi connectivity index (χ4v) is 1.89. The summed E-state index contributed by atoms with van der Waals surface area (Å²) in [5.41, 5.74) is 7.96. The second-order valence-electron chi connectivity index (χ2n) is 5.22. The van der Waals surface area contributed by atoms with Crippen molar-refractivity contribution in [2.45, 2.75) is 26.2 Å². The minimum atomic E-state index is -0.111. The van der Waals surface area contributed by atoms with Crippen molar-refractivity contribution in [1.82, 2.24) is 5.32 Å². The van der Waals surface area contributed by atoms with Crippen LogP contribution in [-0.4, -0.2) is 25.7 Å². The molecular formula is C15H22N2O2. The Kier molecular flexibility index (Phi) is 4.80. The van der Waals surface area contributed by atoms with Gasteiger partial charge in [-0.25, -0.2) is 0 Å². The number of aryl methyl sites for hydroxylation is 1. The first kappa shape index (κ1) is 13.9. The molecule has 0 radical (unpaired) electrons. The SMILES string of the molecule is Cc1ccc(C(=O)NCCCOCC2CC2)c(N)c1. The van der Waals surface area contributed by atoms with Crippen molar-refractivity contribution in [2.75, 3.05) is 25.5 Å². The summed E-state index contributed by atoms with van der Waals surface area (Å²) in [7, 11) is 0. The lowest BCUT2D eigenvalue weighted by atomic mass is 10.1. The minimum absolute atomic E-state index is 0.111. The molecule has 1 saturated carbocycles. The molecule has 1 aromatic carbocycles. The Bertz CT molecular complexity index is 442. The van der Waals surface area contributed by atoms with Crippen LogP contribution in [0, 0.1) is 12.8 Å². The first-order chi connectivity index (χ1) is 9.16. The zero-order valence-electron chi connectivity index (χ0n) is 11.4. The topological polar surface area (TPSA) is 64.3 Å². The molecule has 1 fully saturated rings. The van der Waals surface area contributed by atoms with Crippen LogP contribution >= 0.6 is 0 Å². The van der Waals surface area contributed by atoms with Gasteiger partial charge in [-0.2, -0.15) is 0 Å². The fourth-order valence-electron chi connectivity index (χ4n) is 1.89. The van der Waals surface area contributed by atoms with Crippen LogP contribution in [0.25, 0.3) is 0 Å².